The van der Waals surface area contributed by atoms with Crippen LogP contribution in [0.3, 0.4) is 0 Å². The van der Waals surface area contributed by atoms with Gasteiger partial charge in [0.15, 0.2) is 0 Å². The Kier molecular flexibility index (Phi) is 3.17. The Labute approximate surface area is 120 Å². The van der Waals surface area contributed by atoms with Crippen molar-refractivity contribution in [3.8, 4) is 11.4 Å². The van der Waals surface area contributed by atoms with E-state index >= 15 is 0 Å². The maximum Gasteiger partial charge on any atom is 0.340 e. The molecule has 2 aromatic carbocycles. The number of nitrogens with zero attached hydrogens (tertiary/aromatic N) is 1. The van der Waals surface area contributed by atoms with E-state index < -0.39 is 5.97 Å². The second kappa shape index (κ2) is 5.01. The monoisotopic (exact) mass is 284 g/mol. The summed E-state index contributed by atoms with van der Waals surface area (Å²) in [7, 11) is 1.31. The van der Waals surface area contributed by atoms with Crippen molar-refractivity contribution in [3.63, 3.8) is 0 Å². The van der Waals surface area contributed by atoms with E-state index in [4.69, 9.17) is 4.74 Å². The molecule has 0 bridgehead atoms. The van der Waals surface area contributed by atoms with Crippen LogP contribution < -0.4 is 0 Å². The zero-order valence-corrected chi connectivity index (χ0v) is 11.6. The molecule has 0 radical (unpaired) electrons. The van der Waals surface area contributed by atoms with Gasteiger partial charge in [0.2, 0.25) is 0 Å². The molecule has 1 N–H and O–H groups in total. The zero-order valence-electron chi connectivity index (χ0n) is 11.6. The maximum absolute atomic E-state index is 14.0. The number of aryl methyl sites for hydroxylation is 1. The van der Waals surface area contributed by atoms with Gasteiger partial charge in [0.25, 0.3) is 0 Å². The number of aromatic amines is 1. The fourth-order valence-corrected chi connectivity index (χ4v) is 2.25. The number of halogens is 1. The molecule has 1 heterocycles. The molecule has 1 aromatic heterocycles. The highest BCUT2D eigenvalue weighted by Crippen LogP contribution is 2.25. The summed E-state index contributed by atoms with van der Waals surface area (Å²) >= 11 is 0. The number of imidazole rings is 1. The summed E-state index contributed by atoms with van der Waals surface area (Å²) in [6.45, 7) is 1.82. The number of hydrogen-bond acceptors (Lipinski definition) is 3. The standard InChI is InChI=1S/C16H13FN2O2/c1-9-6-7-10(12(17)8-9)15-18-13-5-3-4-11(14(13)19-15)16(20)21-2/h3-8H,1-2H3,(H,18,19). The minimum absolute atomic E-state index is 0.352. The van der Waals surface area contributed by atoms with Crippen molar-refractivity contribution in [1.29, 1.82) is 0 Å². The molecule has 0 fully saturated rings. The van der Waals surface area contributed by atoms with Crippen molar-refractivity contribution < 1.29 is 13.9 Å². The highest BCUT2D eigenvalue weighted by molar-refractivity contribution is 6.02. The van der Waals surface area contributed by atoms with E-state index in [0.29, 0.717) is 28.0 Å². The lowest BCUT2D eigenvalue weighted by Crippen LogP contribution is -2.01. The number of fused-ring (bicyclic) bond motifs is 1. The van der Waals surface area contributed by atoms with Gasteiger partial charge in [-0.05, 0) is 36.8 Å². The van der Waals surface area contributed by atoms with Crippen LogP contribution in [0.2, 0.25) is 0 Å². The summed E-state index contributed by atoms with van der Waals surface area (Å²) in [5, 5.41) is 0. The quantitative estimate of drug-likeness (QED) is 0.733. The summed E-state index contributed by atoms with van der Waals surface area (Å²) in [6, 6.07) is 10.1. The lowest BCUT2D eigenvalue weighted by molar-refractivity contribution is 0.0603. The highest BCUT2D eigenvalue weighted by Gasteiger charge is 2.16. The fraction of sp³-hybridized carbons (Fsp3) is 0.125. The first-order valence-electron chi connectivity index (χ1n) is 6.43. The third-order valence-corrected chi connectivity index (χ3v) is 3.30. The first-order valence-corrected chi connectivity index (χ1v) is 6.43. The number of para-hydroxylation sites is 1. The van der Waals surface area contributed by atoms with Crippen LogP contribution in [0, 0.1) is 12.7 Å². The molecular formula is C16H13FN2O2. The number of rotatable bonds is 2. The predicted octanol–water partition coefficient (Wildman–Crippen LogP) is 3.46. The molecule has 0 saturated carbocycles. The van der Waals surface area contributed by atoms with Crippen LogP contribution in [-0.4, -0.2) is 23.0 Å². The number of H-pyrrole nitrogens is 1. The molecule has 0 spiro atoms. The van der Waals surface area contributed by atoms with Gasteiger partial charge in [0, 0.05) is 0 Å². The molecule has 0 aliphatic heterocycles. The number of esters is 1. The maximum atomic E-state index is 14.0. The topological polar surface area (TPSA) is 55.0 Å². The van der Waals surface area contributed by atoms with Crippen molar-refractivity contribution in [2.45, 2.75) is 6.92 Å². The molecule has 0 unspecified atom stereocenters. The highest BCUT2D eigenvalue weighted by atomic mass is 19.1. The van der Waals surface area contributed by atoms with Crippen molar-refractivity contribution in [2.24, 2.45) is 0 Å². The summed E-state index contributed by atoms with van der Waals surface area (Å²) in [4.78, 5) is 19.1. The second-order valence-electron chi connectivity index (χ2n) is 4.76. The first kappa shape index (κ1) is 13.3. The molecule has 3 aromatic rings. The van der Waals surface area contributed by atoms with Crippen LogP contribution in [0.25, 0.3) is 22.4 Å². The summed E-state index contributed by atoms with van der Waals surface area (Å²) in [5.41, 5.74) is 2.69. The summed E-state index contributed by atoms with van der Waals surface area (Å²) < 4.78 is 18.8. The molecule has 4 nitrogen and oxygen atoms in total. The number of carbonyl (C=O) groups is 1. The second-order valence-corrected chi connectivity index (χ2v) is 4.76. The lowest BCUT2D eigenvalue weighted by Gasteiger charge is -2.00. The summed E-state index contributed by atoms with van der Waals surface area (Å²) in [5.74, 6) is -0.435. The SMILES string of the molecule is COC(=O)c1cccc2[nH]c(-c3ccc(C)cc3F)nc12. The number of hydrogen-bond donors (Lipinski definition) is 1. The van der Waals surface area contributed by atoms with Gasteiger partial charge < -0.3 is 9.72 Å². The largest absolute Gasteiger partial charge is 0.465 e. The van der Waals surface area contributed by atoms with Crippen molar-refractivity contribution in [3.05, 3.63) is 53.3 Å². The molecule has 5 heteroatoms. The van der Waals surface area contributed by atoms with E-state index in [2.05, 4.69) is 9.97 Å². The molecule has 106 valence electrons. The normalized spacial score (nSPS) is 10.8. The van der Waals surface area contributed by atoms with Gasteiger partial charge in [-0.2, -0.15) is 0 Å². The van der Waals surface area contributed by atoms with Gasteiger partial charge in [-0.3, -0.25) is 0 Å². The molecular weight excluding hydrogens is 271 g/mol. The van der Waals surface area contributed by atoms with Gasteiger partial charge in [-0.15, -0.1) is 0 Å². The molecule has 0 aliphatic carbocycles. The van der Waals surface area contributed by atoms with Gasteiger partial charge in [0.05, 0.1) is 23.8 Å². The van der Waals surface area contributed by atoms with Gasteiger partial charge in [-0.25, -0.2) is 14.2 Å². The molecule has 21 heavy (non-hydrogen) atoms. The lowest BCUT2D eigenvalue weighted by atomic mass is 10.1. The van der Waals surface area contributed by atoms with Crippen LogP contribution >= 0.6 is 0 Å². The van der Waals surface area contributed by atoms with E-state index in [0.717, 1.165) is 5.56 Å². The van der Waals surface area contributed by atoms with E-state index in [1.165, 1.54) is 13.2 Å². The number of carbonyl (C=O) groups excluding carboxylic acids is 1. The van der Waals surface area contributed by atoms with Crippen LogP contribution in [-0.2, 0) is 4.74 Å². The Bertz CT molecular complexity index is 839. The molecule has 0 aliphatic rings. The Morgan fingerprint density at radius 1 is 1.29 bits per heavy atom. The van der Waals surface area contributed by atoms with Gasteiger partial charge in [-0.1, -0.05) is 12.1 Å². The Hall–Kier alpha value is -2.69. The molecule has 0 atom stereocenters. The number of nitrogens with one attached hydrogen (secondary N) is 1. The van der Waals surface area contributed by atoms with Crippen LogP contribution in [0.4, 0.5) is 4.39 Å². The van der Waals surface area contributed by atoms with Gasteiger partial charge in [0.1, 0.15) is 17.2 Å². The fourth-order valence-electron chi connectivity index (χ4n) is 2.25. The zero-order chi connectivity index (χ0) is 15.0. The Morgan fingerprint density at radius 3 is 2.81 bits per heavy atom. The number of methoxy groups -OCH3 is 1. The van der Waals surface area contributed by atoms with Crippen LogP contribution in [0.5, 0.6) is 0 Å². The van der Waals surface area contributed by atoms with E-state index in [-0.39, 0.29) is 5.82 Å². The average Bonchev–Trinajstić information content (AvgIpc) is 2.89. The third kappa shape index (κ3) is 2.27. The van der Waals surface area contributed by atoms with Crippen molar-refractivity contribution >= 4 is 17.0 Å². The van der Waals surface area contributed by atoms with Crippen molar-refractivity contribution in [2.75, 3.05) is 7.11 Å². The average molecular weight is 284 g/mol. The summed E-state index contributed by atoms with van der Waals surface area (Å²) in [6.07, 6.45) is 0. The molecule has 0 amide bonds. The minimum Gasteiger partial charge on any atom is -0.465 e. The van der Waals surface area contributed by atoms with Crippen molar-refractivity contribution in [1.82, 2.24) is 9.97 Å². The number of ether oxygens (including phenoxy) is 1. The number of benzene rings is 2. The van der Waals surface area contributed by atoms with Gasteiger partial charge >= 0.3 is 5.97 Å². The third-order valence-electron chi connectivity index (χ3n) is 3.30. The minimum atomic E-state index is -0.469. The first-order chi connectivity index (χ1) is 10.1. The smallest absolute Gasteiger partial charge is 0.340 e. The van der Waals surface area contributed by atoms with E-state index in [1.807, 2.05) is 13.0 Å². The predicted molar refractivity (Wildman–Crippen MR) is 77.6 cm³/mol. The Morgan fingerprint density at radius 2 is 2.10 bits per heavy atom. The number of aromatic nitrogens is 2. The van der Waals surface area contributed by atoms with E-state index in [9.17, 15) is 9.18 Å². The Balaban J connectivity index is 2.19. The van der Waals surface area contributed by atoms with Crippen LogP contribution in [0.1, 0.15) is 15.9 Å². The van der Waals surface area contributed by atoms with E-state index in [1.54, 1.807) is 24.3 Å². The molecule has 3 rings (SSSR count). The van der Waals surface area contributed by atoms with Crippen LogP contribution in [0.15, 0.2) is 36.4 Å². The molecule has 0 saturated heterocycles.